The molecule has 0 radical (unpaired) electrons. The zero-order valence-corrected chi connectivity index (χ0v) is 12.9. The van der Waals surface area contributed by atoms with Crippen LogP contribution in [0.5, 0.6) is 0 Å². The Balaban J connectivity index is 2.71. The zero-order chi connectivity index (χ0) is 13.9. The molecule has 1 atom stereocenters. The molecule has 0 saturated carbocycles. The molecule has 1 aromatic heterocycles. The van der Waals surface area contributed by atoms with Crippen LogP contribution >= 0.6 is 34.5 Å². The van der Waals surface area contributed by atoms with E-state index in [4.69, 9.17) is 23.2 Å². The summed E-state index contributed by atoms with van der Waals surface area (Å²) < 4.78 is 0.839. The molecule has 1 rings (SSSR count). The van der Waals surface area contributed by atoms with Crippen LogP contribution in [0.4, 0.5) is 0 Å². The molecule has 0 saturated heterocycles. The Hall–Kier alpha value is -0.290. The molecule has 0 spiro atoms. The third-order valence-electron chi connectivity index (χ3n) is 2.32. The first kappa shape index (κ1) is 15.8. The first-order chi connectivity index (χ1) is 8.23. The minimum Gasteiger partial charge on any atom is -0.394 e. The number of rotatable bonds is 4. The molecular weight excluding hydrogens is 293 g/mol. The van der Waals surface area contributed by atoms with Crippen LogP contribution in [-0.4, -0.2) is 23.7 Å². The molecule has 0 aliphatic heterocycles. The molecule has 18 heavy (non-hydrogen) atoms. The lowest BCUT2D eigenvalue weighted by Gasteiger charge is -2.25. The summed E-state index contributed by atoms with van der Waals surface area (Å²) in [7, 11) is 0. The summed E-state index contributed by atoms with van der Waals surface area (Å²) in [5, 5.41) is 12.1. The van der Waals surface area contributed by atoms with Crippen LogP contribution in [0.3, 0.4) is 0 Å². The van der Waals surface area contributed by atoms with Crippen molar-refractivity contribution in [2.75, 3.05) is 6.61 Å². The second-order valence-electron chi connectivity index (χ2n) is 5.36. The predicted octanol–water partition coefficient (Wildman–Crippen LogP) is 3.58. The molecule has 1 unspecified atom stereocenters. The van der Waals surface area contributed by atoms with E-state index in [1.54, 1.807) is 0 Å². The number of amides is 1. The number of aliphatic hydroxyl groups excluding tert-OH is 1. The van der Waals surface area contributed by atoms with E-state index in [9.17, 15) is 9.90 Å². The van der Waals surface area contributed by atoms with E-state index >= 15 is 0 Å². The SMILES string of the molecule is CC(C)(C)CC(CO)NC(=O)c1cc(Cl)sc1Cl. The Labute approximate surface area is 121 Å². The maximum Gasteiger partial charge on any atom is 0.254 e. The Morgan fingerprint density at radius 1 is 1.50 bits per heavy atom. The number of halogens is 2. The summed E-state index contributed by atoms with van der Waals surface area (Å²) in [6.07, 6.45) is 0.685. The van der Waals surface area contributed by atoms with Crippen LogP contribution in [0.2, 0.25) is 8.67 Å². The number of hydrogen-bond donors (Lipinski definition) is 2. The van der Waals surface area contributed by atoms with E-state index in [0.717, 1.165) is 11.3 Å². The van der Waals surface area contributed by atoms with Gasteiger partial charge in [-0.1, -0.05) is 44.0 Å². The highest BCUT2D eigenvalue weighted by molar-refractivity contribution is 7.20. The van der Waals surface area contributed by atoms with E-state index in [1.807, 2.05) is 0 Å². The summed E-state index contributed by atoms with van der Waals surface area (Å²) in [6, 6.07) is 1.25. The first-order valence-corrected chi connectivity index (χ1v) is 7.17. The summed E-state index contributed by atoms with van der Waals surface area (Å²) in [6.45, 7) is 6.06. The third-order valence-corrected chi connectivity index (χ3v) is 3.80. The molecule has 6 heteroatoms. The second-order valence-corrected chi connectivity index (χ2v) is 7.64. The number of carbonyl (C=O) groups is 1. The third kappa shape index (κ3) is 4.76. The Morgan fingerprint density at radius 3 is 2.50 bits per heavy atom. The molecule has 1 aromatic rings. The summed E-state index contributed by atoms with van der Waals surface area (Å²) >= 11 is 12.9. The fraction of sp³-hybridized carbons (Fsp3) is 0.583. The van der Waals surface area contributed by atoms with Gasteiger partial charge in [-0.15, -0.1) is 11.3 Å². The molecule has 1 amide bonds. The molecule has 0 bridgehead atoms. The van der Waals surface area contributed by atoms with E-state index < -0.39 is 0 Å². The van der Waals surface area contributed by atoms with Gasteiger partial charge in [-0.05, 0) is 17.9 Å². The lowest BCUT2D eigenvalue weighted by molar-refractivity contribution is 0.0898. The first-order valence-electron chi connectivity index (χ1n) is 5.59. The minimum atomic E-state index is -0.300. The van der Waals surface area contributed by atoms with E-state index in [-0.39, 0.29) is 24.0 Å². The average molecular weight is 310 g/mol. The minimum absolute atomic E-state index is 0.0246. The predicted molar refractivity (Wildman–Crippen MR) is 76.8 cm³/mol. The number of carbonyl (C=O) groups excluding carboxylic acids is 1. The molecule has 102 valence electrons. The van der Waals surface area contributed by atoms with Crippen LogP contribution in [0, 0.1) is 5.41 Å². The van der Waals surface area contributed by atoms with Gasteiger partial charge in [-0.25, -0.2) is 0 Å². The second kappa shape index (κ2) is 6.24. The smallest absolute Gasteiger partial charge is 0.254 e. The van der Waals surface area contributed by atoms with E-state index in [0.29, 0.717) is 20.7 Å². The maximum absolute atomic E-state index is 12.0. The van der Waals surface area contributed by atoms with E-state index in [1.165, 1.54) is 6.07 Å². The highest BCUT2D eigenvalue weighted by atomic mass is 35.5. The summed E-state index contributed by atoms with van der Waals surface area (Å²) in [5.41, 5.74) is 0.385. The number of thiophene rings is 1. The molecule has 0 aliphatic rings. The molecular formula is C12H17Cl2NO2S. The van der Waals surface area contributed by atoms with Crippen molar-refractivity contribution in [2.45, 2.75) is 33.2 Å². The molecule has 0 aromatic carbocycles. The van der Waals surface area contributed by atoms with Crippen LogP contribution in [-0.2, 0) is 0 Å². The van der Waals surface area contributed by atoms with Crippen molar-refractivity contribution < 1.29 is 9.90 Å². The fourth-order valence-corrected chi connectivity index (χ4v) is 3.12. The van der Waals surface area contributed by atoms with Gasteiger partial charge in [0.15, 0.2) is 0 Å². The van der Waals surface area contributed by atoms with E-state index in [2.05, 4.69) is 26.1 Å². The average Bonchev–Trinajstić information content (AvgIpc) is 2.54. The van der Waals surface area contributed by atoms with Crippen LogP contribution in [0.15, 0.2) is 6.07 Å². The largest absolute Gasteiger partial charge is 0.394 e. The van der Waals surface area contributed by atoms with Crippen LogP contribution in [0.1, 0.15) is 37.6 Å². The Kier molecular flexibility index (Phi) is 5.46. The molecule has 0 aliphatic carbocycles. The standard InChI is InChI=1S/C12H17Cl2NO2S/c1-12(2,3)5-7(6-16)15-11(17)8-4-9(13)18-10(8)14/h4,7,16H,5-6H2,1-3H3,(H,15,17). The lowest BCUT2D eigenvalue weighted by Crippen LogP contribution is -2.40. The van der Waals surface area contributed by atoms with Crippen molar-refractivity contribution in [3.05, 3.63) is 20.3 Å². The van der Waals surface area contributed by atoms with Crippen molar-refractivity contribution >= 4 is 40.4 Å². The van der Waals surface area contributed by atoms with Crippen molar-refractivity contribution in [1.82, 2.24) is 5.32 Å². The molecule has 1 heterocycles. The maximum atomic E-state index is 12.0. The van der Waals surface area contributed by atoms with Crippen molar-refractivity contribution in [1.29, 1.82) is 0 Å². The van der Waals surface area contributed by atoms with Gasteiger partial charge < -0.3 is 10.4 Å². The van der Waals surface area contributed by atoms with Gasteiger partial charge in [0.05, 0.1) is 22.5 Å². The molecule has 0 fully saturated rings. The van der Waals surface area contributed by atoms with Gasteiger partial charge in [0.25, 0.3) is 5.91 Å². The monoisotopic (exact) mass is 309 g/mol. The number of nitrogens with one attached hydrogen (secondary N) is 1. The highest BCUT2D eigenvalue weighted by Crippen LogP contribution is 2.31. The van der Waals surface area contributed by atoms with Gasteiger partial charge in [0.2, 0.25) is 0 Å². The highest BCUT2D eigenvalue weighted by Gasteiger charge is 2.22. The normalized spacial score (nSPS) is 13.4. The van der Waals surface area contributed by atoms with Crippen LogP contribution < -0.4 is 5.32 Å². The van der Waals surface area contributed by atoms with Crippen LogP contribution in [0.25, 0.3) is 0 Å². The van der Waals surface area contributed by atoms with Gasteiger partial charge in [-0.3, -0.25) is 4.79 Å². The molecule has 3 nitrogen and oxygen atoms in total. The van der Waals surface area contributed by atoms with Gasteiger partial charge in [-0.2, -0.15) is 0 Å². The molecule has 2 N–H and O–H groups in total. The summed E-state index contributed by atoms with van der Waals surface area (Å²) in [4.78, 5) is 12.0. The fourth-order valence-electron chi connectivity index (χ4n) is 1.66. The zero-order valence-electron chi connectivity index (χ0n) is 10.6. The van der Waals surface area contributed by atoms with Gasteiger partial charge in [0, 0.05) is 0 Å². The topological polar surface area (TPSA) is 49.3 Å². The summed E-state index contributed by atoms with van der Waals surface area (Å²) in [5.74, 6) is -0.300. The van der Waals surface area contributed by atoms with Gasteiger partial charge >= 0.3 is 0 Å². The van der Waals surface area contributed by atoms with Gasteiger partial charge in [0.1, 0.15) is 4.34 Å². The number of hydrogen-bond acceptors (Lipinski definition) is 3. The quantitative estimate of drug-likeness (QED) is 0.893. The van der Waals surface area contributed by atoms with Crippen molar-refractivity contribution in [2.24, 2.45) is 5.41 Å². The number of aliphatic hydroxyl groups is 1. The van der Waals surface area contributed by atoms with Crippen molar-refractivity contribution in [3.8, 4) is 0 Å². The Morgan fingerprint density at radius 2 is 2.11 bits per heavy atom. The van der Waals surface area contributed by atoms with Crippen molar-refractivity contribution in [3.63, 3.8) is 0 Å². The Bertz CT molecular complexity index is 426. The lowest BCUT2D eigenvalue weighted by atomic mass is 9.88.